The highest BCUT2D eigenvalue weighted by Crippen LogP contribution is 2.12. The van der Waals surface area contributed by atoms with Crippen molar-refractivity contribution in [2.45, 2.75) is 25.4 Å². The molecule has 13 nitrogen and oxygen atoms in total. The number of fused-ring (bicyclic) bond motifs is 1. The Morgan fingerprint density at radius 3 is 2.61 bits per heavy atom. The van der Waals surface area contributed by atoms with Crippen molar-refractivity contribution in [2.24, 2.45) is 0 Å². The van der Waals surface area contributed by atoms with Crippen LogP contribution in [0.5, 0.6) is 0 Å². The molecule has 0 aliphatic carbocycles. The molecule has 1 atom stereocenters. The second-order valence-corrected chi connectivity index (χ2v) is 7.00. The number of nitrogens with two attached hydrogens (primary N) is 1. The monoisotopic (exact) mass is 468 g/mol. The van der Waals surface area contributed by atoms with Crippen molar-refractivity contribution in [1.29, 1.82) is 0 Å². The Kier molecular flexibility index (Phi) is 7.30. The van der Waals surface area contributed by atoms with E-state index in [-0.39, 0.29) is 42.1 Å². The van der Waals surface area contributed by atoms with Gasteiger partial charge in [-0.1, -0.05) is 0 Å². The third kappa shape index (κ3) is 6.10. The maximum atomic E-state index is 12.4. The fourth-order valence-electron chi connectivity index (χ4n) is 2.80. The molecule has 169 valence electrons. The third-order valence-electron chi connectivity index (χ3n) is 4.46. The van der Waals surface area contributed by atoms with E-state index in [9.17, 15) is 24.3 Å². The number of nitrogen functional groups attached to an aromatic ring is 1. The van der Waals surface area contributed by atoms with Gasteiger partial charge in [-0.15, -0.1) is 0 Å². The van der Waals surface area contributed by atoms with E-state index in [4.69, 9.17) is 5.73 Å². The maximum absolute atomic E-state index is 12.4. The molecule has 0 spiro atoms. The number of aliphatic carboxylic acids is 1. The van der Waals surface area contributed by atoms with E-state index < -0.39 is 29.4 Å². The second-order valence-electron chi connectivity index (χ2n) is 6.79. The Labute approximate surface area is 189 Å². The molecule has 2 heterocycles. The highest BCUT2D eigenvalue weighted by atomic mass is 28.2. The number of hydrogen-bond donors (Lipinski definition) is 5. The van der Waals surface area contributed by atoms with Crippen LogP contribution in [0, 0.1) is 0 Å². The Hall–Kier alpha value is -4.33. The fraction of sp³-hybridized carbons (Fsp3) is 0.211. The number of rotatable bonds is 9. The number of amides is 1. The number of carboxylic acid groups (broad SMARTS) is 1. The van der Waals surface area contributed by atoms with Crippen LogP contribution in [0.2, 0.25) is 0 Å². The van der Waals surface area contributed by atoms with Crippen LogP contribution in [0.1, 0.15) is 28.9 Å². The molecule has 0 aliphatic heterocycles. The molecule has 1 aromatic carbocycles. The van der Waals surface area contributed by atoms with Gasteiger partial charge in [0.1, 0.15) is 6.04 Å². The summed E-state index contributed by atoms with van der Waals surface area (Å²) in [5, 5.41) is 14.7. The van der Waals surface area contributed by atoms with Gasteiger partial charge in [-0.2, -0.15) is 4.98 Å². The van der Waals surface area contributed by atoms with Crippen LogP contribution in [0.3, 0.4) is 0 Å². The number of nitrogens with one attached hydrogen (secondary N) is 3. The van der Waals surface area contributed by atoms with Crippen LogP contribution in [0.4, 0.5) is 11.6 Å². The van der Waals surface area contributed by atoms with E-state index in [0.29, 0.717) is 11.4 Å². The second kappa shape index (κ2) is 10.3. The number of H-pyrrole nitrogens is 1. The molecule has 3 radical (unpaired) electrons. The lowest BCUT2D eigenvalue weighted by atomic mass is 10.1. The number of nitrogens with zero attached hydrogens (tertiary/aromatic N) is 3. The summed E-state index contributed by atoms with van der Waals surface area (Å²) in [6.45, 7) is 0.239. The van der Waals surface area contributed by atoms with E-state index in [1.54, 1.807) is 12.1 Å². The Bertz CT molecular complexity index is 1250. The van der Waals surface area contributed by atoms with E-state index in [1.165, 1.54) is 18.3 Å². The van der Waals surface area contributed by atoms with Gasteiger partial charge in [-0.25, -0.2) is 14.8 Å². The molecular formula is C19H18N7O6Si. The van der Waals surface area contributed by atoms with Crippen LogP contribution in [0.25, 0.3) is 11.2 Å². The van der Waals surface area contributed by atoms with Crippen molar-refractivity contribution in [3.63, 3.8) is 0 Å². The van der Waals surface area contributed by atoms with Gasteiger partial charge in [0, 0.05) is 17.7 Å². The minimum absolute atomic E-state index is 0.0483. The van der Waals surface area contributed by atoms with Crippen LogP contribution in [0.15, 0.2) is 35.3 Å². The number of carboxylic acids is 1. The lowest BCUT2D eigenvalue weighted by Gasteiger charge is -2.14. The Morgan fingerprint density at radius 1 is 1.21 bits per heavy atom. The van der Waals surface area contributed by atoms with Crippen molar-refractivity contribution in [2.75, 3.05) is 11.1 Å². The summed E-state index contributed by atoms with van der Waals surface area (Å²) in [5.74, 6) is -2.57. The van der Waals surface area contributed by atoms with E-state index in [0.717, 1.165) is 0 Å². The summed E-state index contributed by atoms with van der Waals surface area (Å²) in [4.78, 5) is 61.4. The van der Waals surface area contributed by atoms with Crippen LogP contribution in [-0.4, -0.2) is 59.4 Å². The Morgan fingerprint density at radius 2 is 1.94 bits per heavy atom. The van der Waals surface area contributed by atoms with Crippen LogP contribution < -0.4 is 21.9 Å². The van der Waals surface area contributed by atoms with Crippen LogP contribution >= 0.6 is 0 Å². The number of carbonyl (C=O) groups is 3. The molecule has 14 heteroatoms. The summed E-state index contributed by atoms with van der Waals surface area (Å²) in [6, 6.07) is 5.01. The standard InChI is InChI=1S/C19H18N7O6Si/c20-19-25-15-14(17(29)26-19)23-11(8-22-15)7-21-10-3-1-9(2-4-10)16(28)24-12(18(30)31)5-6-13(27)32-33/h1-4,8,12,21H,5-7H2,(H,24,28)(H,30,31)(H3,20,22,25,26,29). The van der Waals surface area contributed by atoms with Gasteiger partial charge in [-0.3, -0.25) is 19.4 Å². The number of benzene rings is 1. The molecule has 2 aromatic heterocycles. The van der Waals surface area contributed by atoms with Gasteiger partial charge in [0.25, 0.3) is 17.4 Å². The quantitative estimate of drug-likeness (QED) is 0.253. The topological polar surface area (TPSA) is 202 Å². The molecule has 3 rings (SSSR count). The van der Waals surface area contributed by atoms with Gasteiger partial charge in [0.2, 0.25) is 5.95 Å². The van der Waals surface area contributed by atoms with E-state index >= 15 is 0 Å². The smallest absolute Gasteiger partial charge is 0.345 e. The van der Waals surface area contributed by atoms with Gasteiger partial charge >= 0.3 is 16.5 Å². The third-order valence-corrected chi connectivity index (χ3v) is 4.69. The van der Waals surface area contributed by atoms with E-state index in [1.807, 2.05) is 0 Å². The zero-order valence-corrected chi connectivity index (χ0v) is 18.0. The lowest BCUT2D eigenvalue weighted by molar-refractivity contribution is -0.140. The average Bonchev–Trinajstić information content (AvgIpc) is 2.80. The predicted octanol–water partition coefficient (Wildman–Crippen LogP) is -0.503. The molecule has 0 fully saturated rings. The lowest BCUT2D eigenvalue weighted by Crippen LogP contribution is -2.41. The molecule has 0 aliphatic rings. The highest BCUT2D eigenvalue weighted by Gasteiger charge is 2.21. The Balaban J connectivity index is 1.61. The summed E-state index contributed by atoms with van der Waals surface area (Å²) in [6.07, 6.45) is 1.15. The summed E-state index contributed by atoms with van der Waals surface area (Å²) in [5.41, 5.74) is 6.54. The molecule has 0 saturated carbocycles. The highest BCUT2D eigenvalue weighted by molar-refractivity contribution is 6.05. The zero-order chi connectivity index (χ0) is 24.0. The fourth-order valence-corrected chi connectivity index (χ4v) is 2.90. The minimum Gasteiger partial charge on any atom is -0.516 e. The van der Waals surface area contributed by atoms with Crippen molar-refractivity contribution in [1.82, 2.24) is 25.3 Å². The number of carbonyl (C=O) groups excluding carboxylic acids is 2. The van der Waals surface area contributed by atoms with Gasteiger partial charge < -0.3 is 25.9 Å². The normalized spacial score (nSPS) is 11.5. The first-order valence-electron chi connectivity index (χ1n) is 9.52. The molecular weight excluding hydrogens is 450 g/mol. The predicted molar refractivity (Wildman–Crippen MR) is 116 cm³/mol. The van der Waals surface area contributed by atoms with Gasteiger partial charge in [0.05, 0.1) is 18.4 Å². The maximum Gasteiger partial charge on any atom is 0.345 e. The summed E-state index contributed by atoms with van der Waals surface area (Å²) in [7, 11) is 2.57. The van der Waals surface area contributed by atoms with Crippen molar-refractivity contribution in [3.8, 4) is 0 Å². The zero-order valence-electron chi connectivity index (χ0n) is 17.0. The first-order chi connectivity index (χ1) is 15.8. The van der Waals surface area contributed by atoms with Crippen LogP contribution in [-0.2, 0) is 20.6 Å². The van der Waals surface area contributed by atoms with E-state index in [2.05, 4.69) is 45.5 Å². The number of hydrogen-bond acceptors (Lipinski definition) is 10. The molecule has 0 saturated heterocycles. The van der Waals surface area contributed by atoms with Gasteiger partial charge in [-0.05, 0) is 30.7 Å². The first-order valence-corrected chi connectivity index (χ1v) is 9.93. The van der Waals surface area contributed by atoms with Crippen molar-refractivity contribution >= 4 is 51.1 Å². The number of anilines is 2. The molecule has 33 heavy (non-hydrogen) atoms. The number of aromatic nitrogens is 4. The average molecular weight is 468 g/mol. The molecule has 1 amide bonds. The molecule has 1 unspecified atom stereocenters. The molecule has 0 bridgehead atoms. The number of aromatic amines is 1. The SMILES string of the molecule is Nc1nc2ncc(CNc3ccc(C(=O)NC(CCC(=O)O[Si])C(=O)O)cc3)nc2c(=O)[nH]1. The minimum atomic E-state index is -1.27. The summed E-state index contributed by atoms with van der Waals surface area (Å²) < 4.78 is 4.29. The largest absolute Gasteiger partial charge is 0.516 e. The van der Waals surface area contributed by atoms with Crippen molar-refractivity contribution in [3.05, 3.63) is 52.1 Å². The summed E-state index contributed by atoms with van der Waals surface area (Å²) >= 11 is 0. The molecule has 6 N–H and O–H groups in total. The first kappa shape index (κ1) is 23.3. The van der Waals surface area contributed by atoms with Gasteiger partial charge in [0.15, 0.2) is 11.2 Å². The molecule has 3 aromatic rings. The van der Waals surface area contributed by atoms with Crippen molar-refractivity contribution < 1.29 is 23.9 Å².